The minimum Gasteiger partial charge on any atom is -0.497 e. The number of hydrogen-bond acceptors (Lipinski definition) is 6. The largest absolute Gasteiger partial charge is 0.497 e. The topological polar surface area (TPSA) is 104 Å². The van der Waals surface area contributed by atoms with E-state index in [1.54, 1.807) is 31.2 Å². The van der Waals surface area contributed by atoms with Gasteiger partial charge >= 0.3 is 0 Å². The van der Waals surface area contributed by atoms with Crippen LogP contribution < -0.4 is 20.5 Å². The van der Waals surface area contributed by atoms with E-state index in [9.17, 15) is 4.79 Å². The van der Waals surface area contributed by atoms with Crippen LogP contribution >= 0.6 is 0 Å². The van der Waals surface area contributed by atoms with Crippen LogP contribution in [0.25, 0.3) is 5.69 Å². The summed E-state index contributed by atoms with van der Waals surface area (Å²) in [5, 5.41) is 3.34. The summed E-state index contributed by atoms with van der Waals surface area (Å²) in [6.07, 6.45) is 1.14. The molecule has 8 nitrogen and oxygen atoms in total. The number of fused-ring (bicyclic) bond motifs is 1. The molecule has 28 heavy (non-hydrogen) atoms. The minimum absolute atomic E-state index is 0.133. The van der Waals surface area contributed by atoms with Crippen molar-refractivity contribution in [2.45, 2.75) is 6.17 Å². The van der Waals surface area contributed by atoms with E-state index < -0.39 is 12.1 Å². The van der Waals surface area contributed by atoms with Gasteiger partial charge in [0.2, 0.25) is 0 Å². The molecule has 0 spiro atoms. The lowest BCUT2D eigenvalue weighted by atomic mass is 10.1. The second-order valence-corrected chi connectivity index (χ2v) is 6.15. The molecule has 1 aliphatic rings. The lowest BCUT2D eigenvalue weighted by Crippen LogP contribution is -2.31. The van der Waals surface area contributed by atoms with Crippen molar-refractivity contribution in [2.75, 3.05) is 19.5 Å². The second kappa shape index (κ2) is 7.07. The summed E-state index contributed by atoms with van der Waals surface area (Å²) in [7, 11) is 3.17. The third kappa shape index (κ3) is 2.94. The first-order valence-corrected chi connectivity index (χ1v) is 8.61. The standard InChI is InChI=1S/C20H19N5O3/c1-27-13-8-9-14(15(10-13)28-2)25-11-22-17-16(18(21)26)23-19(24-20(17)25)12-6-4-3-5-7-12/h3-11,19,24H,1-2H3,(H2,21,26). The average molecular weight is 377 g/mol. The average Bonchev–Trinajstić information content (AvgIpc) is 3.16. The number of imidazole rings is 1. The molecule has 3 aromatic rings. The Morgan fingerprint density at radius 2 is 1.93 bits per heavy atom. The van der Waals surface area contributed by atoms with E-state index in [4.69, 9.17) is 15.2 Å². The summed E-state index contributed by atoms with van der Waals surface area (Å²) in [6.45, 7) is 0. The Labute approximate surface area is 161 Å². The number of benzene rings is 2. The van der Waals surface area contributed by atoms with Gasteiger partial charge in [0.15, 0.2) is 5.71 Å². The highest BCUT2D eigenvalue weighted by atomic mass is 16.5. The van der Waals surface area contributed by atoms with Crippen LogP contribution in [0, 0.1) is 0 Å². The van der Waals surface area contributed by atoms with Crippen LogP contribution in [-0.4, -0.2) is 35.4 Å². The molecule has 4 rings (SSSR count). The molecule has 8 heteroatoms. The SMILES string of the molecule is COc1ccc(-n2cnc3c2NC(c2ccccc2)N=C3C(N)=O)c(OC)c1. The number of nitrogens with two attached hydrogens (primary N) is 1. The smallest absolute Gasteiger partial charge is 0.269 e. The lowest BCUT2D eigenvalue weighted by Gasteiger charge is -2.24. The number of nitrogens with zero attached hydrogens (tertiary/aromatic N) is 3. The Balaban J connectivity index is 1.84. The lowest BCUT2D eigenvalue weighted by molar-refractivity contribution is -0.112. The van der Waals surface area contributed by atoms with Crippen molar-refractivity contribution in [2.24, 2.45) is 10.7 Å². The molecule has 0 saturated carbocycles. The molecular weight excluding hydrogens is 358 g/mol. The number of nitrogens with one attached hydrogen (secondary N) is 1. The van der Waals surface area contributed by atoms with Crippen LogP contribution in [0.5, 0.6) is 11.5 Å². The number of anilines is 1. The Morgan fingerprint density at radius 3 is 2.61 bits per heavy atom. The Kier molecular flexibility index (Phi) is 4.44. The van der Waals surface area contributed by atoms with Crippen molar-refractivity contribution in [1.82, 2.24) is 9.55 Å². The molecule has 1 aromatic heterocycles. The fourth-order valence-corrected chi connectivity index (χ4v) is 3.15. The Bertz CT molecular complexity index is 1060. The number of methoxy groups -OCH3 is 2. The molecule has 3 N–H and O–H groups in total. The first-order valence-electron chi connectivity index (χ1n) is 8.61. The van der Waals surface area contributed by atoms with E-state index in [1.165, 1.54) is 0 Å². The molecule has 2 aromatic carbocycles. The fraction of sp³-hybridized carbons (Fsp3) is 0.150. The van der Waals surface area contributed by atoms with Gasteiger partial charge in [-0.05, 0) is 17.7 Å². The third-order valence-corrected chi connectivity index (χ3v) is 4.52. The van der Waals surface area contributed by atoms with Gasteiger partial charge < -0.3 is 20.5 Å². The van der Waals surface area contributed by atoms with Crippen molar-refractivity contribution < 1.29 is 14.3 Å². The molecule has 0 fully saturated rings. The van der Waals surface area contributed by atoms with Crippen LogP contribution in [0.2, 0.25) is 0 Å². The van der Waals surface area contributed by atoms with Crippen molar-refractivity contribution in [3.63, 3.8) is 0 Å². The second-order valence-electron chi connectivity index (χ2n) is 6.15. The summed E-state index contributed by atoms with van der Waals surface area (Å²) >= 11 is 0. The highest BCUT2D eigenvalue weighted by Gasteiger charge is 2.29. The van der Waals surface area contributed by atoms with Gasteiger partial charge in [0.1, 0.15) is 35.5 Å². The van der Waals surface area contributed by atoms with E-state index in [0.717, 1.165) is 11.3 Å². The van der Waals surface area contributed by atoms with Crippen LogP contribution in [0.4, 0.5) is 5.82 Å². The van der Waals surface area contributed by atoms with Gasteiger partial charge in [0.25, 0.3) is 5.91 Å². The minimum atomic E-state index is -0.629. The van der Waals surface area contributed by atoms with Gasteiger partial charge in [0.05, 0.1) is 19.9 Å². The molecule has 2 heterocycles. The van der Waals surface area contributed by atoms with Gasteiger partial charge in [-0.15, -0.1) is 0 Å². The third-order valence-electron chi connectivity index (χ3n) is 4.52. The number of aromatic nitrogens is 2. The summed E-state index contributed by atoms with van der Waals surface area (Å²) in [5.74, 6) is 1.25. The van der Waals surface area contributed by atoms with Crippen molar-refractivity contribution in [3.8, 4) is 17.2 Å². The number of rotatable bonds is 5. The zero-order chi connectivity index (χ0) is 19.7. The van der Waals surface area contributed by atoms with Crippen LogP contribution in [0.1, 0.15) is 17.4 Å². The van der Waals surface area contributed by atoms with Crippen LogP contribution in [0.3, 0.4) is 0 Å². The summed E-state index contributed by atoms with van der Waals surface area (Å²) in [4.78, 5) is 20.9. The molecule has 1 aliphatic heterocycles. The number of carbonyl (C=O) groups is 1. The monoisotopic (exact) mass is 377 g/mol. The molecular formula is C20H19N5O3. The summed E-state index contributed by atoms with van der Waals surface area (Å²) in [5.41, 5.74) is 7.75. The van der Waals surface area contributed by atoms with Gasteiger partial charge in [-0.25, -0.2) is 9.98 Å². The summed E-state index contributed by atoms with van der Waals surface area (Å²) < 4.78 is 12.6. The van der Waals surface area contributed by atoms with Crippen LogP contribution in [-0.2, 0) is 4.79 Å². The molecule has 0 bridgehead atoms. The first-order chi connectivity index (χ1) is 13.6. The molecule has 0 aliphatic carbocycles. The van der Waals surface area contributed by atoms with Gasteiger partial charge in [-0.1, -0.05) is 30.3 Å². The van der Waals surface area contributed by atoms with Crippen molar-refractivity contribution >= 4 is 17.4 Å². The fourth-order valence-electron chi connectivity index (χ4n) is 3.15. The number of amides is 1. The van der Waals surface area contributed by atoms with E-state index in [2.05, 4.69) is 15.3 Å². The highest BCUT2D eigenvalue weighted by molar-refractivity contribution is 6.45. The number of ether oxygens (including phenoxy) is 2. The van der Waals surface area contributed by atoms with Gasteiger partial charge in [0, 0.05) is 6.07 Å². The van der Waals surface area contributed by atoms with Crippen molar-refractivity contribution in [1.29, 1.82) is 0 Å². The van der Waals surface area contributed by atoms with Crippen LogP contribution in [0.15, 0.2) is 59.9 Å². The zero-order valence-electron chi connectivity index (χ0n) is 15.4. The number of carbonyl (C=O) groups excluding carboxylic acids is 1. The predicted octanol–water partition coefficient (Wildman–Crippen LogP) is 2.29. The number of primary amides is 1. The Hall–Kier alpha value is -3.81. The molecule has 1 atom stereocenters. The molecule has 142 valence electrons. The van der Waals surface area contributed by atoms with E-state index in [1.807, 2.05) is 42.5 Å². The normalized spacial score (nSPS) is 15.2. The maximum atomic E-state index is 12.0. The number of aliphatic imine (C=N–C) groups is 1. The van der Waals surface area contributed by atoms with Crippen molar-refractivity contribution in [3.05, 3.63) is 66.1 Å². The Morgan fingerprint density at radius 1 is 1.14 bits per heavy atom. The van der Waals surface area contributed by atoms with E-state index in [0.29, 0.717) is 23.0 Å². The molecule has 1 unspecified atom stereocenters. The maximum absolute atomic E-state index is 12.0. The van der Waals surface area contributed by atoms with E-state index in [-0.39, 0.29) is 5.71 Å². The molecule has 0 radical (unpaired) electrons. The highest BCUT2D eigenvalue weighted by Crippen LogP contribution is 2.35. The summed E-state index contributed by atoms with van der Waals surface area (Å²) in [6, 6.07) is 15.1. The first kappa shape index (κ1) is 17.6. The predicted molar refractivity (Wildman–Crippen MR) is 105 cm³/mol. The molecule has 0 saturated heterocycles. The maximum Gasteiger partial charge on any atom is 0.269 e. The molecule has 1 amide bonds. The quantitative estimate of drug-likeness (QED) is 0.710. The van der Waals surface area contributed by atoms with E-state index >= 15 is 0 Å². The number of hydrogen-bond donors (Lipinski definition) is 2. The zero-order valence-corrected chi connectivity index (χ0v) is 15.4. The van der Waals surface area contributed by atoms with Gasteiger partial charge in [-0.2, -0.15) is 0 Å². The van der Waals surface area contributed by atoms with Gasteiger partial charge in [-0.3, -0.25) is 9.36 Å².